The van der Waals surface area contributed by atoms with Crippen LogP contribution in [0.5, 0.6) is 0 Å². The van der Waals surface area contributed by atoms with Gasteiger partial charge >= 0.3 is 0 Å². The summed E-state index contributed by atoms with van der Waals surface area (Å²) < 4.78 is 5.65. The summed E-state index contributed by atoms with van der Waals surface area (Å²) in [5.74, 6) is 0.843. The largest absolute Gasteiger partial charge is 0.373 e. The van der Waals surface area contributed by atoms with Crippen LogP contribution in [0.2, 0.25) is 0 Å². The number of nitrogens with zero attached hydrogens (tertiary/aromatic N) is 1. The Morgan fingerprint density at radius 3 is 2.78 bits per heavy atom. The number of rotatable bonds is 6. The standard InChI is InChI=1S/C19H34N2O2/c1-6-15-8-7-10-21(12-15)19(4,5)13-20-18(22)16-9-11-23-17(16)14(2)3/h15-17H,2,6-13H2,1,3-5H3,(H,20,22)/t15?,16-,17-/m1/s1. The predicted octanol–water partition coefficient (Wildman–Crippen LogP) is 2.98. The zero-order chi connectivity index (χ0) is 17.0. The van der Waals surface area contributed by atoms with Crippen molar-refractivity contribution in [2.45, 2.75) is 65.0 Å². The molecule has 1 amide bonds. The minimum Gasteiger partial charge on any atom is -0.373 e. The third-order valence-corrected chi connectivity index (χ3v) is 5.56. The molecule has 0 aliphatic carbocycles. The molecule has 2 aliphatic rings. The molecule has 0 radical (unpaired) electrons. The van der Waals surface area contributed by atoms with Crippen molar-refractivity contribution in [3.05, 3.63) is 12.2 Å². The fourth-order valence-electron chi connectivity index (χ4n) is 3.84. The molecule has 0 aromatic carbocycles. The first-order valence-electron chi connectivity index (χ1n) is 9.15. The van der Waals surface area contributed by atoms with Crippen molar-refractivity contribution in [3.8, 4) is 0 Å². The van der Waals surface area contributed by atoms with Crippen molar-refractivity contribution in [3.63, 3.8) is 0 Å². The van der Waals surface area contributed by atoms with E-state index in [9.17, 15) is 4.79 Å². The average molecular weight is 322 g/mol. The highest BCUT2D eigenvalue weighted by molar-refractivity contribution is 5.80. The molecule has 2 saturated heterocycles. The van der Waals surface area contributed by atoms with Crippen molar-refractivity contribution in [1.82, 2.24) is 10.2 Å². The van der Waals surface area contributed by atoms with E-state index in [1.165, 1.54) is 19.3 Å². The van der Waals surface area contributed by atoms with Gasteiger partial charge in [0.25, 0.3) is 0 Å². The van der Waals surface area contributed by atoms with Crippen LogP contribution in [-0.2, 0) is 9.53 Å². The molecule has 4 heteroatoms. The van der Waals surface area contributed by atoms with Crippen LogP contribution in [0.3, 0.4) is 0 Å². The lowest BCUT2D eigenvalue weighted by Crippen LogP contribution is -2.55. The number of hydrogen-bond donors (Lipinski definition) is 1. The van der Waals surface area contributed by atoms with Crippen LogP contribution >= 0.6 is 0 Å². The van der Waals surface area contributed by atoms with E-state index in [0.29, 0.717) is 13.2 Å². The number of nitrogens with one attached hydrogen (secondary N) is 1. The van der Waals surface area contributed by atoms with Crippen LogP contribution in [-0.4, -0.2) is 48.7 Å². The van der Waals surface area contributed by atoms with Gasteiger partial charge in [-0.3, -0.25) is 9.69 Å². The van der Waals surface area contributed by atoms with Gasteiger partial charge in [-0.05, 0) is 52.5 Å². The fourth-order valence-corrected chi connectivity index (χ4v) is 3.84. The van der Waals surface area contributed by atoms with Crippen LogP contribution in [0.1, 0.15) is 53.4 Å². The molecular formula is C19H34N2O2. The molecule has 0 aromatic rings. The maximum atomic E-state index is 12.6. The molecule has 2 rings (SSSR count). The van der Waals surface area contributed by atoms with Crippen LogP contribution in [0.15, 0.2) is 12.2 Å². The van der Waals surface area contributed by atoms with Gasteiger partial charge in [-0.1, -0.05) is 25.5 Å². The summed E-state index contributed by atoms with van der Waals surface area (Å²) in [6, 6.07) is 0. The van der Waals surface area contributed by atoms with E-state index in [4.69, 9.17) is 4.74 Å². The van der Waals surface area contributed by atoms with Crippen molar-refractivity contribution < 1.29 is 9.53 Å². The first kappa shape index (κ1) is 18.5. The normalized spacial score (nSPS) is 29.5. The molecule has 0 spiro atoms. The van der Waals surface area contributed by atoms with Gasteiger partial charge in [-0.15, -0.1) is 0 Å². The fraction of sp³-hybridized carbons (Fsp3) is 0.842. The number of carbonyl (C=O) groups is 1. The summed E-state index contributed by atoms with van der Waals surface area (Å²) in [5.41, 5.74) is 0.950. The molecular weight excluding hydrogens is 288 g/mol. The second kappa shape index (κ2) is 7.80. The van der Waals surface area contributed by atoms with Crippen LogP contribution in [0.4, 0.5) is 0 Å². The Kier molecular flexibility index (Phi) is 6.26. The Morgan fingerprint density at radius 1 is 1.39 bits per heavy atom. The molecule has 2 aliphatic heterocycles. The van der Waals surface area contributed by atoms with E-state index >= 15 is 0 Å². The Bertz CT molecular complexity index is 433. The highest BCUT2D eigenvalue weighted by atomic mass is 16.5. The zero-order valence-electron chi connectivity index (χ0n) is 15.4. The van der Waals surface area contributed by atoms with Gasteiger partial charge in [-0.25, -0.2) is 0 Å². The predicted molar refractivity (Wildman–Crippen MR) is 94.3 cm³/mol. The summed E-state index contributed by atoms with van der Waals surface area (Å²) >= 11 is 0. The second-order valence-electron chi connectivity index (χ2n) is 7.93. The number of carbonyl (C=O) groups excluding carboxylic acids is 1. The van der Waals surface area contributed by atoms with Crippen LogP contribution in [0, 0.1) is 11.8 Å². The number of hydrogen-bond acceptors (Lipinski definition) is 3. The van der Waals surface area contributed by atoms with Gasteiger partial charge in [0.2, 0.25) is 5.91 Å². The first-order valence-corrected chi connectivity index (χ1v) is 9.15. The zero-order valence-corrected chi connectivity index (χ0v) is 15.4. The van der Waals surface area contributed by atoms with Crippen molar-refractivity contribution in [2.75, 3.05) is 26.2 Å². The first-order chi connectivity index (χ1) is 10.8. The van der Waals surface area contributed by atoms with Crippen LogP contribution < -0.4 is 5.32 Å². The Labute approximate surface area is 141 Å². The Hall–Kier alpha value is -0.870. The van der Waals surface area contributed by atoms with Gasteiger partial charge in [-0.2, -0.15) is 0 Å². The molecule has 2 heterocycles. The lowest BCUT2D eigenvalue weighted by atomic mass is 9.90. The summed E-state index contributed by atoms with van der Waals surface area (Å²) in [6.07, 6.45) is 4.54. The highest BCUT2D eigenvalue weighted by Gasteiger charge is 2.36. The summed E-state index contributed by atoms with van der Waals surface area (Å²) in [6.45, 7) is 16.3. The smallest absolute Gasteiger partial charge is 0.226 e. The summed E-state index contributed by atoms with van der Waals surface area (Å²) in [7, 11) is 0. The average Bonchev–Trinajstić information content (AvgIpc) is 3.02. The molecule has 4 nitrogen and oxygen atoms in total. The number of piperidine rings is 1. The molecule has 1 N–H and O–H groups in total. The molecule has 3 atom stereocenters. The summed E-state index contributed by atoms with van der Waals surface area (Å²) in [4.78, 5) is 15.1. The molecule has 0 saturated carbocycles. The maximum absolute atomic E-state index is 12.6. The lowest BCUT2D eigenvalue weighted by molar-refractivity contribution is -0.126. The van der Waals surface area contributed by atoms with Gasteiger partial charge in [0.1, 0.15) is 0 Å². The molecule has 2 fully saturated rings. The Balaban J connectivity index is 1.88. The van der Waals surface area contributed by atoms with E-state index in [1.54, 1.807) is 0 Å². The topological polar surface area (TPSA) is 41.6 Å². The third-order valence-electron chi connectivity index (χ3n) is 5.56. The van der Waals surface area contributed by atoms with E-state index in [-0.39, 0.29) is 23.5 Å². The van der Waals surface area contributed by atoms with Gasteiger partial charge < -0.3 is 10.1 Å². The van der Waals surface area contributed by atoms with Crippen molar-refractivity contribution in [1.29, 1.82) is 0 Å². The third kappa shape index (κ3) is 4.57. The molecule has 1 unspecified atom stereocenters. The maximum Gasteiger partial charge on any atom is 0.226 e. The van der Waals surface area contributed by atoms with Crippen molar-refractivity contribution >= 4 is 5.91 Å². The van der Waals surface area contributed by atoms with Crippen LogP contribution in [0.25, 0.3) is 0 Å². The molecule has 0 bridgehead atoms. The summed E-state index contributed by atoms with van der Waals surface area (Å²) in [5, 5.41) is 3.18. The molecule has 0 aromatic heterocycles. The SMILES string of the molecule is C=C(C)[C@H]1OCC[C@H]1C(=O)NCC(C)(C)N1CCCC(CC)C1. The van der Waals surface area contributed by atoms with Gasteiger partial charge in [0.15, 0.2) is 0 Å². The number of amides is 1. The number of ether oxygens (including phenoxy) is 1. The second-order valence-corrected chi connectivity index (χ2v) is 7.93. The molecule has 23 heavy (non-hydrogen) atoms. The quantitative estimate of drug-likeness (QED) is 0.764. The van der Waals surface area contributed by atoms with E-state index in [1.807, 2.05) is 6.92 Å². The Morgan fingerprint density at radius 2 is 2.13 bits per heavy atom. The highest BCUT2D eigenvalue weighted by Crippen LogP contribution is 2.27. The van der Waals surface area contributed by atoms with E-state index < -0.39 is 0 Å². The van der Waals surface area contributed by atoms with E-state index in [0.717, 1.165) is 31.0 Å². The van der Waals surface area contributed by atoms with Gasteiger partial charge in [0, 0.05) is 25.2 Å². The number of likely N-dealkylation sites (tertiary alicyclic amines) is 1. The van der Waals surface area contributed by atoms with Gasteiger partial charge in [0.05, 0.1) is 12.0 Å². The molecule has 132 valence electrons. The minimum atomic E-state index is -0.113. The monoisotopic (exact) mass is 322 g/mol. The minimum absolute atomic E-state index is 0.00167. The van der Waals surface area contributed by atoms with Crippen molar-refractivity contribution in [2.24, 2.45) is 11.8 Å². The lowest BCUT2D eigenvalue weighted by Gasteiger charge is -2.43. The van der Waals surface area contributed by atoms with E-state index in [2.05, 4.69) is 37.6 Å².